The Labute approximate surface area is 81.0 Å². The van der Waals surface area contributed by atoms with Gasteiger partial charge in [-0.15, -0.1) is 0 Å². The first kappa shape index (κ1) is 7.94. The van der Waals surface area contributed by atoms with Gasteiger partial charge in [0.25, 0.3) is 0 Å². The number of aliphatic hydroxyl groups is 1. The smallest absolute Gasteiger partial charge is 0.155 e. The lowest BCUT2D eigenvalue weighted by Crippen LogP contribution is -2.00. The first-order valence-electron chi connectivity index (χ1n) is 4.83. The maximum absolute atomic E-state index is 9.94. The van der Waals surface area contributed by atoms with Crippen molar-refractivity contribution < 1.29 is 5.11 Å². The molecule has 2 aromatic rings. The number of aromatic nitrogens is 3. The average molecular weight is 189 g/mol. The summed E-state index contributed by atoms with van der Waals surface area (Å²) in [5.41, 5.74) is 1.50. The normalized spacial score (nSPS) is 18.6. The van der Waals surface area contributed by atoms with E-state index in [-0.39, 0.29) is 0 Å². The number of pyridine rings is 1. The Hall–Kier alpha value is -1.42. The van der Waals surface area contributed by atoms with Gasteiger partial charge in [0.15, 0.2) is 5.65 Å². The molecule has 1 aliphatic carbocycles. The van der Waals surface area contributed by atoms with Crippen LogP contribution in [0.1, 0.15) is 24.6 Å². The minimum Gasteiger partial charge on any atom is -0.386 e. The van der Waals surface area contributed by atoms with Crippen LogP contribution in [0.15, 0.2) is 18.3 Å². The molecule has 0 amide bonds. The molecule has 0 aromatic carbocycles. The van der Waals surface area contributed by atoms with Gasteiger partial charge < -0.3 is 5.11 Å². The van der Waals surface area contributed by atoms with Crippen LogP contribution in [-0.4, -0.2) is 20.3 Å². The maximum atomic E-state index is 9.94. The molecule has 2 heterocycles. The molecule has 72 valence electrons. The van der Waals surface area contributed by atoms with Crippen molar-refractivity contribution in [2.75, 3.05) is 0 Å². The molecular weight excluding hydrogens is 178 g/mol. The Morgan fingerprint density at radius 3 is 3.14 bits per heavy atom. The van der Waals surface area contributed by atoms with Gasteiger partial charge in [-0.1, -0.05) is 0 Å². The van der Waals surface area contributed by atoms with Gasteiger partial charge in [0.1, 0.15) is 11.8 Å². The molecule has 1 unspecified atom stereocenters. The van der Waals surface area contributed by atoms with Gasteiger partial charge in [0.2, 0.25) is 0 Å². The molecule has 0 radical (unpaired) electrons. The summed E-state index contributed by atoms with van der Waals surface area (Å²) in [5.74, 6) is 0.404. The molecule has 4 nitrogen and oxygen atoms in total. The molecule has 1 fully saturated rings. The van der Waals surface area contributed by atoms with Crippen molar-refractivity contribution in [3.8, 4) is 0 Å². The van der Waals surface area contributed by atoms with Crippen molar-refractivity contribution in [1.82, 2.24) is 15.2 Å². The molecule has 2 aromatic heterocycles. The lowest BCUT2D eigenvalue weighted by molar-refractivity contribution is 0.150. The standard InChI is InChI=1S/C10H11N3O/c14-9(6-3-4-6)8-7-2-1-5-11-10(7)13-12-8/h1-2,5-6,9,14H,3-4H2,(H,11,12,13). The molecule has 4 heteroatoms. The highest BCUT2D eigenvalue weighted by atomic mass is 16.3. The van der Waals surface area contributed by atoms with E-state index in [9.17, 15) is 5.11 Å². The Bertz CT molecular complexity index is 461. The van der Waals surface area contributed by atoms with Crippen LogP contribution >= 0.6 is 0 Å². The third kappa shape index (κ3) is 1.11. The highest BCUT2D eigenvalue weighted by Crippen LogP contribution is 2.41. The van der Waals surface area contributed by atoms with Crippen LogP contribution in [0.4, 0.5) is 0 Å². The van der Waals surface area contributed by atoms with Gasteiger partial charge >= 0.3 is 0 Å². The number of nitrogens with one attached hydrogen (secondary N) is 1. The number of hydrogen-bond acceptors (Lipinski definition) is 3. The van der Waals surface area contributed by atoms with Crippen molar-refractivity contribution in [3.63, 3.8) is 0 Å². The van der Waals surface area contributed by atoms with Crippen molar-refractivity contribution >= 4 is 11.0 Å². The molecule has 3 rings (SSSR count). The summed E-state index contributed by atoms with van der Waals surface area (Å²) in [4.78, 5) is 4.13. The van der Waals surface area contributed by atoms with Crippen LogP contribution in [0.25, 0.3) is 11.0 Å². The molecule has 2 N–H and O–H groups in total. The van der Waals surface area contributed by atoms with E-state index in [0.717, 1.165) is 29.6 Å². The number of rotatable bonds is 2. The third-order valence-electron chi connectivity index (χ3n) is 2.71. The first-order chi connectivity index (χ1) is 6.86. The Morgan fingerprint density at radius 2 is 2.36 bits per heavy atom. The number of aromatic amines is 1. The summed E-state index contributed by atoms with van der Waals surface area (Å²) in [5, 5.41) is 17.8. The fraction of sp³-hybridized carbons (Fsp3) is 0.400. The van der Waals surface area contributed by atoms with Gasteiger partial charge in [-0.05, 0) is 30.9 Å². The minimum atomic E-state index is -0.423. The van der Waals surface area contributed by atoms with E-state index in [4.69, 9.17) is 0 Å². The van der Waals surface area contributed by atoms with Crippen LogP contribution in [0.3, 0.4) is 0 Å². The van der Waals surface area contributed by atoms with E-state index in [1.54, 1.807) is 6.20 Å². The van der Waals surface area contributed by atoms with Crippen LogP contribution in [0.5, 0.6) is 0 Å². The van der Waals surface area contributed by atoms with Crippen molar-refractivity contribution in [2.24, 2.45) is 5.92 Å². The Balaban J connectivity index is 2.11. The van der Waals surface area contributed by atoms with Crippen molar-refractivity contribution in [3.05, 3.63) is 24.0 Å². The molecule has 0 aliphatic heterocycles. The summed E-state index contributed by atoms with van der Waals surface area (Å²) >= 11 is 0. The van der Waals surface area contributed by atoms with E-state index in [2.05, 4.69) is 15.2 Å². The highest BCUT2D eigenvalue weighted by molar-refractivity contribution is 5.77. The molecular formula is C10H11N3O. The summed E-state index contributed by atoms with van der Waals surface area (Å²) in [7, 11) is 0. The summed E-state index contributed by atoms with van der Waals surface area (Å²) in [6.07, 6.45) is 3.51. The Kier molecular flexibility index (Phi) is 1.58. The molecule has 0 saturated heterocycles. The van der Waals surface area contributed by atoms with E-state index >= 15 is 0 Å². The van der Waals surface area contributed by atoms with Crippen LogP contribution in [0.2, 0.25) is 0 Å². The number of H-pyrrole nitrogens is 1. The lowest BCUT2D eigenvalue weighted by atomic mass is 10.1. The van der Waals surface area contributed by atoms with E-state index in [1.165, 1.54) is 0 Å². The topological polar surface area (TPSA) is 61.8 Å². The molecule has 1 aliphatic rings. The number of hydrogen-bond donors (Lipinski definition) is 2. The predicted molar refractivity (Wildman–Crippen MR) is 51.6 cm³/mol. The van der Waals surface area contributed by atoms with Gasteiger partial charge in [-0.3, -0.25) is 5.10 Å². The number of nitrogens with zero attached hydrogens (tertiary/aromatic N) is 2. The van der Waals surface area contributed by atoms with Crippen molar-refractivity contribution in [2.45, 2.75) is 18.9 Å². The zero-order valence-corrected chi connectivity index (χ0v) is 7.64. The average Bonchev–Trinajstić information content (AvgIpc) is 2.97. The quantitative estimate of drug-likeness (QED) is 0.750. The monoisotopic (exact) mass is 189 g/mol. The Morgan fingerprint density at radius 1 is 1.50 bits per heavy atom. The molecule has 1 saturated carbocycles. The fourth-order valence-electron chi connectivity index (χ4n) is 1.74. The SMILES string of the molecule is OC(c1n[nH]c2ncccc12)C1CC1. The van der Waals surface area contributed by atoms with E-state index in [1.807, 2.05) is 12.1 Å². The second kappa shape index (κ2) is 2.78. The summed E-state index contributed by atoms with van der Waals surface area (Å²) in [6.45, 7) is 0. The van der Waals surface area contributed by atoms with Crippen LogP contribution in [-0.2, 0) is 0 Å². The highest BCUT2D eigenvalue weighted by Gasteiger charge is 2.33. The van der Waals surface area contributed by atoms with Gasteiger partial charge in [0, 0.05) is 11.6 Å². The fourth-order valence-corrected chi connectivity index (χ4v) is 1.74. The molecule has 1 atom stereocenters. The van der Waals surface area contributed by atoms with Gasteiger partial charge in [-0.2, -0.15) is 5.10 Å². The maximum Gasteiger partial charge on any atom is 0.155 e. The third-order valence-corrected chi connectivity index (χ3v) is 2.71. The van der Waals surface area contributed by atoms with Crippen LogP contribution < -0.4 is 0 Å². The zero-order chi connectivity index (χ0) is 9.54. The lowest BCUT2D eigenvalue weighted by Gasteiger charge is -2.04. The van der Waals surface area contributed by atoms with Crippen molar-refractivity contribution in [1.29, 1.82) is 0 Å². The molecule has 0 spiro atoms. The predicted octanol–water partition coefficient (Wildman–Crippen LogP) is 1.40. The van der Waals surface area contributed by atoms with Gasteiger partial charge in [0.05, 0.1) is 0 Å². The summed E-state index contributed by atoms with van der Waals surface area (Å²) < 4.78 is 0. The second-order valence-corrected chi connectivity index (χ2v) is 3.79. The van der Waals surface area contributed by atoms with Crippen LogP contribution in [0, 0.1) is 5.92 Å². The zero-order valence-electron chi connectivity index (χ0n) is 7.64. The summed E-state index contributed by atoms with van der Waals surface area (Å²) in [6, 6.07) is 3.80. The minimum absolute atomic E-state index is 0.404. The van der Waals surface area contributed by atoms with E-state index in [0.29, 0.717) is 5.92 Å². The molecule has 0 bridgehead atoms. The van der Waals surface area contributed by atoms with E-state index < -0.39 is 6.10 Å². The number of aliphatic hydroxyl groups excluding tert-OH is 1. The number of fused-ring (bicyclic) bond motifs is 1. The second-order valence-electron chi connectivity index (χ2n) is 3.79. The first-order valence-corrected chi connectivity index (χ1v) is 4.83. The molecule has 14 heavy (non-hydrogen) atoms. The van der Waals surface area contributed by atoms with Gasteiger partial charge in [-0.25, -0.2) is 4.98 Å². The largest absolute Gasteiger partial charge is 0.386 e.